The average Bonchev–Trinajstić information content (AvgIpc) is 2.36. The summed E-state index contributed by atoms with van der Waals surface area (Å²) in [6.07, 6.45) is 1.88. The number of hydrogen-bond acceptors (Lipinski definition) is 3. The molecule has 1 rings (SSSR count). The molecule has 0 radical (unpaired) electrons. The first kappa shape index (κ1) is 14.8. The molecule has 1 aromatic carbocycles. The topological polar surface area (TPSA) is 54.4 Å². The Kier molecular flexibility index (Phi) is 6.50. The number of carbonyl (C=O) groups is 2. The van der Waals surface area contributed by atoms with E-state index in [2.05, 4.69) is 6.92 Å². The summed E-state index contributed by atoms with van der Waals surface area (Å²) in [5, 5.41) is 8.50. The molecule has 0 aliphatic carbocycles. The summed E-state index contributed by atoms with van der Waals surface area (Å²) in [4.78, 5) is 23.3. The van der Waals surface area contributed by atoms with Crippen molar-refractivity contribution in [3.8, 4) is 0 Å². The van der Waals surface area contributed by atoms with Crippen LogP contribution in [-0.4, -0.2) is 22.6 Å². The SMILES string of the molecule is CCCSc1ccc(C(=O)CCCC(=O)O)cc1. The van der Waals surface area contributed by atoms with Crippen molar-refractivity contribution in [1.29, 1.82) is 0 Å². The molecule has 0 heterocycles. The molecule has 18 heavy (non-hydrogen) atoms. The molecule has 0 spiro atoms. The lowest BCUT2D eigenvalue weighted by atomic mass is 10.1. The van der Waals surface area contributed by atoms with Crippen LogP contribution in [0.2, 0.25) is 0 Å². The third kappa shape index (κ3) is 5.36. The number of carboxylic acids is 1. The lowest BCUT2D eigenvalue weighted by molar-refractivity contribution is -0.137. The molecule has 0 fully saturated rings. The normalized spacial score (nSPS) is 10.3. The van der Waals surface area contributed by atoms with Gasteiger partial charge in [0.05, 0.1) is 0 Å². The van der Waals surface area contributed by atoms with Crippen LogP contribution in [0.15, 0.2) is 29.2 Å². The van der Waals surface area contributed by atoms with E-state index < -0.39 is 5.97 Å². The molecular formula is C14H18O3S. The molecular weight excluding hydrogens is 248 g/mol. The molecule has 0 aliphatic heterocycles. The van der Waals surface area contributed by atoms with Crippen molar-refractivity contribution in [3.05, 3.63) is 29.8 Å². The highest BCUT2D eigenvalue weighted by Gasteiger charge is 2.07. The van der Waals surface area contributed by atoms with Gasteiger partial charge >= 0.3 is 5.97 Å². The van der Waals surface area contributed by atoms with E-state index in [1.54, 1.807) is 11.8 Å². The highest BCUT2D eigenvalue weighted by atomic mass is 32.2. The van der Waals surface area contributed by atoms with Crippen molar-refractivity contribution in [2.24, 2.45) is 0 Å². The molecule has 0 amide bonds. The third-order valence-electron chi connectivity index (χ3n) is 2.44. The van der Waals surface area contributed by atoms with Crippen LogP contribution in [0.5, 0.6) is 0 Å². The summed E-state index contributed by atoms with van der Waals surface area (Å²) < 4.78 is 0. The van der Waals surface area contributed by atoms with Gasteiger partial charge in [-0.1, -0.05) is 19.1 Å². The minimum atomic E-state index is -0.853. The van der Waals surface area contributed by atoms with Gasteiger partial charge in [0.15, 0.2) is 5.78 Å². The summed E-state index contributed by atoms with van der Waals surface area (Å²) in [5.74, 6) is 0.240. The fourth-order valence-corrected chi connectivity index (χ4v) is 2.27. The molecule has 0 saturated heterocycles. The van der Waals surface area contributed by atoms with Crippen LogP contribution >= 0.6 is 11.8 Å². The van der Waals surface area contributed by atoms with Crippen LogP contribution in [0.4, 0.5) is 0 Å². The van der Waals surface area contributed by atoms with Gasteiger partial charge in [-0.2, -0.15) is 0 Å². The van der Waals surface area contributed by atoms with Gasteiger partial charge in [0.1, 0.15) is 0 Å². The van der Waals surface area contributed by atoms with Crippen LogP contribution in [0.3, 0.4) is 0 Å². The van der Waals surface area contributed by atoms with E-state index in [9.17, 15) is 9.59 Å². The standard InChI is InChI=1S/C14H18O3S/c1-2-10-18-12-8-6-11(7-9-12)13(15)4-3-5-14(16)17/h6-9H,2-5,10H2,1H3,(H,16,17). The zero-order chi connectivity index (χ0) is 13.4. The Morgan fingerprint density at radius 3 is 2.39 bits per heavy atom. The quantitative estimate of drug-likeness (QED) is 0.576. The van der Waals surface area contributed by atoms with Crippen LogP contribution in [-0.2, 0) is 4.79 Å². The maximum absolute atomic E-state index is 11.8. The summed E-state index contributed by atoms with van der Waals surface area (Å²) in [6.45, 7) is 2.13. The van der Waals surface area contributed by atoms with Gasteiger partial charge in [0.2, 0.25) is 0 Å². The molecule has 0 atom stereocenters. The second-order valence-electron chi connectivity index (χ2n) is 4.04. The number of ketones is 1. The molecule has 0 aliphatic rings. The lowest BCUT2D eigenvalue weighted by Crippen LogP contribution is -2.01. The van der Waals surface area contributed by atoms with Crippen molar-refractivity contribution in [2.75, 3.05) is 5.75 Å². The molecule has 0 bridgehead atoms. The smallest absolute Gasteiger partial charge is 0.303 e. The third-order valence-corrected chi connectivity index (χ3v) is 3.66. The zero-order valence-electron chi connectivity index (χ0n) is 10.5. The largest absolute Gasteiger partial charge is 0.481 e. The van der Waals surface area contributed by atoms with E-state index in [1.165, 1.54) is 4.90 Å². The maximum Gasteiger partial charge on any atom is 0.303 e. The first-order valence-corrected chi connectivity index (χ1v) is 7.10. The van der Waals surface area contributed by atoms with Crippen molar-refractivity contribution >= 4 is 23.5 Å². The molecule has 98 valence electrons. The minimum absolute atomic E-state index is 0.0169. The van der Waals surface area contributed by atoms with E-state index in [4.69, 9.17) is 5.11 Å². The number of aliphatic carboxylic acids is 1. The summed E-state index contributed by atoms with van der Waals surface area (Å²) in [5.41, 5.74) is 0.668. The molecule has 1 N–H and O–H groups in total. The van der Waals surface area contributed by atoms with E-state index in [1.807, 2.05) is 24.3 Å². The Bertz CT molecular complexity index is 398. The zero-order valence-corrected chi connectivity index (χ0v) is 11.3. The van der Waals surface area contributed by atoms with Crippen LogP contribution in [0, 0.1) is 0 Å². The van der Waals surface area contributed by atoms with E-state index >= 15 is 0 Å². The highest BCUT2D eigenvalue weighted by molar-refractivity contribution is 7.99. The predicted octanol–water partition coefficient (Wildman–Crippen LogP) is 3.63. The van der Waals surface area contributed by atoms with Crippen LogP contribution in [0.1, 0.15) is 43.0 Å². The molecule has 4 heteroatoms. The number of carboxylic acid groups (broad SMARTS) is 1. The van der Waals surface area contributed by atoms with Gasteiger partial charge in [0.25, 0.3) is 0 Å². The van der Waals surface area contributed by atoms with Gasteiger partial charge < -0.3 is 5.11 Å². The molecule has 0 aromatic heterocycles. The first-order valence-electron chi connectivity index (χ1n) is 6.11. The van der Waals surface area contributed by atoms with Crippen molar-refractivity contribution in [2.45, 2.75) is 37.5 Å². The van der Waals surface area contributed by atoms with Gasteiger partial charge in [0, 0.05) is 23.3 Å². The Hall–Kier alpha value is -1.29. The minimum Gasteiger partial charge on any atom is -0.481 e. The van der Waals surface area contributed by atoms with Crippen LogP contribution in [0.25, 0.3) is 0 Å². The number of Topliss-reactive ketones (excluding diaryl/α,β-unsaturated/α-hetero) is 1. The van der Waals surface area contributed by atoms with E-state index in [-0.39, 0.29) is 12.2 Å². The van der Waals surface area contributed by atoms with E-state index in [0.717, 1.165) is 12.2 Å². The number of rotatable bonds is 8. The Balaban J connectivity index is 2.46. The second kappa shape index (κ2) is 7.93. The highest BCUT2D eigenvalue weighted by Crippen LogP contribution is 2.19. The fourth-order valence-electron chi connectivity index (χ4n) is 1.50. The Morgan fingerprint density at radius 2 is 1.83 bits per heavy atom. The number of benzene rings is 1. The van der Waals surface area contributed by atoms with E-state index in [0.29, 0.717) is 18.4 Å². The molecule has 0 saturated carbocycles. The predicted molar refractivity (Wildman–Crippen MR) is 73.3 cm³/mol. The summed E-state index contributed by atoms with van der Waals surface area (Å²) >= 11 is 1.77. The van der Waals surface area contributed by atoms with Gasteiger partial charge in [-0.15, -0.1) is 11.8 Å². The molecule has 0 unspecified atom stereocenters. The Labute approximate surface area is 112 Å². The van der Waals surface area contributed by atoms with Crippen LogP contribution < -0.4 is 0 Å². The number of thioether (sulfide) groups is 1. The monoisotopic (exact) mass is 266 g/mol. The second-order valence-corrected chi connectivity index (χ2v) is 5.21. The Morgan fingerprint density at radius 1 is 1.17 bits per heavy atom. The lowest BCUT2D eigenvalue weighted by Gasteiger charge is -2.03. The van der Waals surface area contributed by atoms with Crippen molar-refractivity contribution < 1.29 is 14.7 Å². The van der Waals surface area contributed by atoms with Gasteiger partial charge in [-0.25, -0.2) is 0 Å². The van der Waals surface area contributed by atoms with Gasteiger partial charge in [-0.05, 0) is 30.7 Å². The fraction of sp³-hybridized carbons (Fsp3) is 0.429. The van der Waals surface area contributed by atoms with Crippen molar-refractivity contribution in [3.63, 3.8) is 0 Å². The summed E-state index contributed by atoms with van der Waals surface area (Å²) in [7, 11) is 0. The first-order chi connectivity index (χ1) is 8.63. The van der Waals surface area contributed by atoms with Gasteiger partial charge in [-0.3, -0.25) is 9.59 Å². The average molecular weight is 266 g/mol. The maximum atomic E-state index is 11.8. The molecule has 3 nitrogen and oxygen atoms in total. The number of carbonyl (C=O) groups excluding carboxylic acids is 1. The number of hydrogen-bond donors (Lipinski definition) is 1. The molecule has 1 aromatic rings. The van der Waals surface area contributed by atoms with Crippen molar-refractivity contribution in [1.82, 2.24) is 0 Å². The summed E-state index contributed by atoms with van der Waals surface area (Å²) in [6, 6.07) is 7.54.